The summed E-state index contributed by atoms with van der Waals surface area (Å²) in [5.41, 5.74) is 0. The van der Waals surface area contributed by atoms with E-state index in [0.717, 1.165) is 0 Å². The van der Waals surface area contributed by atoms with Crippen LogP contribution in [0, 0.1) is 0 Å². The summed E-state index contributed by atoms with van der Waals surface area (Å²) in [7, 11) is 0. The Morgan fingerprint density at radius 1 is 1.55 bits per heavy atom. The molecule has 0 bridgehead atoms. The molecule has 0 saturated carbocycles. The van der Waals surface area contributed by atoms with Crippen molar-refractivity contribution in [3.05, 3.63) is 0 Å². The number of carbonyl (C=O) groups is 1. The van der Waals surface area contributed by atoms with Gasteiger partial charge >= 0.3 is 12.1 Å². The highest BCUT2D eigenvalue weighted by Gasteiger charge is 2.59. The van der Waals surface area contributed by atoms with E-state index in [1.165, 1.54) is 0 Å². The minimum Gasteiger partial charge on any atom is -0.480 e. The molecule has 66 valence electrons. The van der Waals surface area contributed by atoms with E-state index in [2.05, 4.69) is 15.9 Å². The average molecular weight is 255 g/mol. The van der Waals surface area contributed by atoms with Gasteiger partial charge in [-0.2, -0.15) is 13.2 Å². The van der Waals surface area contributed by atoms with E-state index in [9.17, 15) is 18.0 Å². The van der Waals surface area contributed by atoms with Crippen LogP contribution in [-0.2, 0) is 4.79 Å². The fourth-order valence-electron chi connectivity index (χ4n) is 0.254. The molecule has 0 amide bonds. The van der Waals surface area contributed by atoms with E-state index in [1.807, 2.05) is 0 Å². The van der Waals surface area contributed by atoms with Crippen molar-refractivity contribution in [2.24, 2.45) is 0 Å². The van der Waals surface area contributed by atoms with Crippen molar-refractivity contribution in [1.29, 1.82) is 0 Å². The van der Waals surface area contributed by atoms with E-state index in [4.69, 9.17) is 16.7 Å². The van der Waals surface area contributed by atoms with Gasteiger partial charge in [0.1, 0.15) is 0 Å². The Labute approximate surface area is 73.5 Å². The van der Waals surface area contributed by atoms with Crippen molar-refractivity contribution < 1.29 is 23.1 Å². The minimum absolute atomic E-state index is 0.875. The lowest BCUT2D eigenvalue weighted by atomic mass is 10.2. The molecule has 2 nitrogen and oxygen atoms in total. The number of hydrogen-bond donors (Lipinski definition) is 1. The maximum absolute atomic E-state index is 11.8. The zero-order valence-corrected chi connectivity index (χ0v) is 7.29. The van der Waals surface area contributed by atoms with Gasteiger partial charge in [-0.05, 0) is 0 Å². The lowest BCUT2D eigenvalue weighted by Gasteiger charge is -2.22. The number of halogens is 5. The number of carboxylic acids is 1. The average Bonchev–Trinajstić information content (AvgIpc) is 1.83. The predicted molar refractivity (Wildman–Crippen MR) is 36.1 cm³/mol. The van der Waals surface area contributed by atoms with Gasteiger partial charge < -0.3 is 5.11 Å². The fraction of sp³-hybridized carbons (Fsp3) is 0.750. The van der Waals surface area contributed by atoms with Gasteiger partial charge in [-0.1, -0.05) is 27.5 Å². The van der Waals surface area contributed by atoms with Crippen molar-refractivity contribution in [1.82, 2.24) is 0 Å². The van der Waals surface area contributed by atoms with Crippen LogP contribution in [0.25, 0.3) is 0 Å². The number of aliphatic carboxylic acids is 1. The maximum Gasteiger partial charge on any atom is 0.419 e. The molecule has 1 unspecified atom stereocenters. The molecule has 0 saturated heterocycles. The van der Waals surface area contributed by atoms with Gasteiger partial charge in [-0.3, -0.25) is 0 Å². The van der Waals surface area contributed by atoms with Crippen LogP contribution in [0.15, 0.2) is 0 Å². The molecule has 0 aliphatic carbocycles. The summed E-state index contributed by atoms with van der Waals surface area (Å²) in [6, 6.07) is 0. The highest BCUT2D eigenvalue weighted by molar-refractivity contribution is 9.09. The Morgan fingerprint density at radius 3 is 1.91 bits per heavy atom. The molecule has 0 spiro atoms. The summed E-state index contributed by atoms with van der Waals surface area (Å²) >= 11 is 7.14. The van der Waals surface area contributed by atoms with Crippen LogP contribution >= 0.6 is 27.5 Å². The molecule has 0 fully saturated rings. The second-order valence-electron chi connectivity index (χ2n) is 1.74. The highest BCUT2D eigenvalue weighted by Crippen LogP contribution is 2.37. The first kappa shape index (κ1) is 11.0. The first-order chi connectivity index (χ1) is 4.75. The van der Waals surface area contributed by atoms with E-state index in [1.54, 1.807) is 0 Å². The van der Waals surface area contributed by atoms with Gasteiger partial charge in [0.15, 0.2) is 0 Å². The first-order valence-electron chi connectivity index (χ1n) is 2.30. The van der Waals surface area contributed by atoms with Gasteiger partial charge in [0.25, 0.3) is 0 Å². The largest absolute Gasteiger partial charge is 0.480 e. The maximum atomic E-state index is 11.8. The summed E-state index contributed by atoms with van der Waals surface area (Å²) in [6.45, 7) is 0. The Bertz CT molecular complexity index is 171. The SMILES string of the molecule is O=C(O)C(Cl)(CBr)C(F)(F)F. The van der Waals surface area contributed by atoms with Crippen molar-refractivity contribution in [2.75, 3.05) is 5.33 Å². The molecule has 1 N–H and O–H groups in total. The molecule has 0 aromatic rings. The van der Waals surface area contributed by atoms with E-state index >= 15 is 0 Å². The van der Waals surface area contributed by atoms with Crippen LogP contribution < -0.4 is 0 Å². The molecule has 0 aliphatic rings. The third kappa shape index (κ3) is 1.99. The number of hydrogen-bond acceptors (Lipinski definition) is 1. The summed E-state index contributed by atoms with van der Waals surface area (Å²) in [5.74, 6) is -2.11. The molecule has 0 aromatic carbocycles. The quantitative estimate of drug-likeness (QED) is 0.766. The first-order valence-corrected chi connectivity index (χ1v) is 3.80. The summed E-state index contributed by atoms with van der Waals surface area (Å²) < 4.78 is 35.4. The Hall–Kier alpha value is 0.0300. The number of rotatable bonds is 2. The normalized spacial score (nSPS) is 17.5. The Kier molecular flexibility index (Phi) is 3.19. The van der Waals surface area contributed by atoms with Crippen LogP contribution in [0.2, 0.25) is 0 Å². The summed E-state index contributed by atoms with van der Waals surface area (Å²) in [6.07, 6.45) is -4.95. The second-order valence-corrected chi connectivity index (χ2v) is 2.94. The number of carboxylic acid groups (broad SMARTS) is 1. The van der Waals surface area contributed by atoms with Gasteiger partial charge in [0.2, 0.25) is 4.87 Å². The van der Waals surface area contributed by atoms with Crippen LogP contribution in [0.5, 0.6) is 0 Å². The summed E-state index contributed by atoms with van der Waals surface area (Å²) in [5, 5.41) is 7.21. The fourth-order valence-corrected chi connectivity index (χ4v) is 0.812. The van der Waals surface area contributed by atoms with Crippen molar-refractivity contribution in [3.63, 3.8) is 0 Å². The third-order valence-electron chi connectivity index (χ3n) is 0.972. The molecule has 0 aromatic heterocycles. The van der Waals surface area contributed by atoms with Gasteiger partial charge in [0.05, 0.1) is 0 Å². The van der Waals surface area contributed by atoms with Gasteiger partial charge in [-0.25, -0.2) is 4.79 Å². The molecule has 7 heteroatoms. The van der Waals surface area contributed by atoms with Gasteiger partial charge in [-0.15, -0.1) is 0 Å². The molecule has 0 radical (unpaired) electrons. The van der Waals surface area contributed by atoms with Crippen LogP contribution in [0.1, 0.15) is 0 Å². The smallest absolute Gasteiger partial charge is 0.419 e. The molecule has 1 atom stereocenters. The van der Waals surface area contributed by atoms with E-state index in [0.29, 0.717) is 0 Å². The molecular formula is C4H3BrClF3O2. The monoisotopic (exact) mass is 254 g/mol. The van der Waals surface area contributed by atoms with E-state index in [-0.39, 0.29) is 0 Å². The Morgan fingerprint density at radius 2 is 1.91 bits per heavy atom. The lowest BCUT2D eigenvalue weighted by molar-refractivity contribution is -0.180. The van der Waals surface area contributed by atoms with Crippen LogP contribution in [0.3, 0.4) is 0 Å². The van der Waals surface area contributed by atoms with Crippen molar-refractivity contribution in [2.45, 2.75) is 11.1 Å². The Balaban J connectivity index is 4.75. The zero-order valence-electron chi connectivity index (χ0n) is 4.95. The van der Waals surface area contributed by atoms with Crippen LogP contribution in [-0.4, -0.2) is 27.5 Å². The predicted octanol–water partition coefficient (Wildman–Crippen LogP) is 2.01. The zero-order chi connectivity index (χ0) is 9.28. The molecule has 0 rings (SSSR count). The minimum atomic E-state index is -4.95. The summed E-state index contributed by atoms with van der Waals surface area (Å²) in [4.78, 5) is 6.80. The van der Waals surface area contributed by atoms with E-state index < -0.39 is 22.3 Å². The lowest BCUT2D eigenvalue weighted by Crippen LogP contribution is -2.48. The number of alkyl halides is 5. The molecule has 0 aliphatic heterocycles. The topological polar surface area (TPSA) is 37.3 Å². The molecule has 0 heterocycles. The molecular weight excluding hydrogens is 252 g/mol. The van der Waals surface area contributed by atoms with Crippen molar-refractivity contribution in [3.8, 4) is 0 Å². The standard InChI is InChI=1S/C4H3BrClF3O2/c5-1-3(6,2(10)11)4(7,8)9/h1H2,(H,10,11). The molecule has 11 heavy (non-hydrogen) atoms. The van der Waals surface area contributed by atoms with Crippen LogP contribution in [0.4, 0.5) is 13.2 Å². The third-order valence-corrected chi connectivity index (χ3v) is 2.65. The second kappa shape index (κ2) is 3.18. The van der Waals surface area contributed by atoms with Crippen molar-refractivity contribution >= 4 is 33.5 Å². The van der Waals surface area contributed by atoms with Gasteiger partial charge in [0, 0.05) is 5.33 Å². The highest BCUT2D eigenvalue weighted by atomic mass is 79.9.